The Morgan fingerprint density at radius 2 is 2.25 bits per heavy atom. The quantitative estimate of drug-likeness (QED) is 0.640. The number of hydrogen-bond acceptors (Lipinski definition) is 2. The van der Waals surface area contributed by atoms with Crippen LogP contribution in [-0.2, 0) is 0 Å². The van der Waals surface area contributed by atoms with Crippen molar-refractivity contribution in [3.8, 4) is 0 Å². The van der Waals surface area contributed by atoms with Crippen LogP contribution in [0.2, 0.25) is 0 Å². The molecule has 2 nitrogen and oxygen atoms in total. The van der Waals surface area contributed by atoms with E-state index in [4.69, 9.17) is 0 Å². The maximum Gasteiger partial charge on any atom is 0.0272 e. The second kappa shape index (κ2) is 3.42. The van der Waals surface area contributed by atoms with Gasteiger partial charge < -0.3 is 5.21 Å². The summed E-state index contributed by atoms with van der Waals surface area (Å²) in [4.78, 5) is 0. The standard InChI is InChI=1S/C10H15NO/c12-11-7-6-10(8-11)9-4-2-1-3-5-9/h1-4,9-10,12H,5-8H2. The van der Waals surface area contributed by atoms with Crippen LogP contribution in [0.5, 0.6) is 0 Å². The molecule has 1 fully saturated rings. The first-order valence-electron chi connectivity index (χ1n) is 4.63. The van der Waals surface area contributed by atoms with Crippen LogP contribution < -0.4 is 0 Å². The number of allylic oxidation sites excluding steroid dienone is 4. The fraction of sp³-hybridized carbons (Fsp3) is 0.600. The van der Waals surface area contributed by atoms with Crippen molar-refractivity contribution in [3.63, 3.8) is 0 Å². The van der Waals surface area contributed by atoms with Crippen LogP contribution >= 0.6 is 0 Å². The topological polar surface area (TPSA) is 23.5 Å². The monoisotopic (exact) mass is 165 g/mol. The molecular weight excluding hydrogens is 150 g/mol. The molecule has 0 aromatic carbocycles. The van der Waals surface area contributed by atoms with E-state index in [1.807, 2.05) is 0 Å². The van der Waals surface area contributed by atoms with Crippen molar-refractivity contribution in [1.82, 2.24) is 5.06 Å². The van der Waals surface area contributed by atoms with Crippen LogP contribution in [0, 0.1) is 11.8 Å². The van der Waals surface area contributed by atoms with Gasteiger partial charge in [0.05, 0.1) is 0 Å². The van der Waals surface area contributed by atoms with Gasteiger partial charge >= 0.3 is 0 Å². The highest BCUT2D eigenvalue weighted by Crippen LogP contribution is 2.28. The highest BCUT2D eigenvalue weighted by atomic mass is 16.5. The van der Waals surface area contributed by atoms with Gasteiger partial charge in [0, 0.05) is 13.1 Å². The predicted molar refractivity (Wildman–Crippen MR) is 47.9 cm³/mol. The summed E-state index contributed by atoms with van der Waals surface area (Å²) in [5.41, 5.74) is 0. The normalized spacial score (nSPS) is 36.1. The first-order valence-corrected chi connectivity index (χ1v) is 4.63. The van der Waals surface area contributed by atoms with E-state index in [9.17, 15) is 5.21 Å². The minimum atomic E-state index is 0.659. The van der Waals surface area contributed by atoms with Gasteiger partial charge in [-0.15, -0.1) is 0 Å². The van der Waals surface area contributed by atoms with E-state index in [0.29, 0.717) is 11.8 Å². The zero-order chi connectivity index (χ0) is 8.39. The van der Waals surface area contributed by atoms with Crippen molar-refractivity contribution in [2.45, 2.75) is 12.8 Å². The molecule has 1 aliphatic heterocycles. The summed E-state index contributed by atoms with van der Waals surface area (Å²) in [6.07, 6.45) is 11.0. The summed E-state index contributed by atoms with van der Waals surface area (Å²) < 4.78 is 0. The predicted octanol–water partition coefficient (Wildman–Crippen LogP) is 1.83. The Hall–Kier alpha value is -0.600. The molecule has 1 N–H and O–H groups in total. The highest BCUT2D eigenvalue weighted by Gasteiger charge is 2.26. The lowest BCUT2D eigenvalue weighted by Crippen LogP contribution is -2.19. The van der Waals surface area contributed by atoms with Crippen LogP contribution in [0.25, 0.3) is 0 Å². The van der Waals surface area contributed by atoms with Crippen LogP contribution in [0.15, 0.2) is 24.3 Å². The minimum Gasteiger partial charge on any atom is -0.314 e. The Morgan fingerprint density at radius 1 is 1.33 bits per heavy atom. The Labute approximate surface area is 73.1 Å². The van der Waals surface area contributed by atoms with Crippen LogP contribution in [0.3, 0.4) is 0 Å². The van der Waals surface area contributed by atoms with E-state index >= 15 is 0 Å². The highest BCUT2D eigenvalue weighted by molar-refractivity contribution is 5.12. The fourth-order valence-corrected chi connectivity index (χ4v) is 2.07. The lowest BCUT2D eigenvalue weighted by molar-refractivity contribution is -0.0724. The van der Waals surface area contributed by atoms with Crippen molar-refractivity contribution in [2.24, 2.45) is 11.8 Å². The average Bonchev–Trinajstić information content (AvgIpc) is 2.54. The molecule has 0 aromatic heterocycles. The molecule has 0 aromatic rings. The molecule has 0 bridgehead atoms. The summed E-state index contributed by atoms with van der Waals surface area (Å²) >= 11 is 0. The van der Waals surface area contributed by atoms with Gasteiger partial charge in [-0.05, 0) is 24.7 Å². The van der Waals surface area contributed by atoms with Gasteiger partial charge in [0.15, 0.2) is 0 Å². The van der Waals surface area contributed by atoms with Crippen molar-refractivity contribution in [2.75, 3.05) is 13.1 Å². The largest absolute Gasteiger partial charge is 0.314 e. The minimum absolute atomic E-state index is 0.659. The maximum atomic E-state index is 9.22. The lowest BCUT2D eigenvalue weighted by atomic mass is 9.86. The summed E-state index contributed by atoms with van der Waals surface area (Å²) in [6.45, 7) is 1.70. The fourth-order valence-electron chi connectivity index (χ4n) is 2.07. The Morgan fingerprint density at radius 3 is 2.83 bits per heavy atom. The van der Waals surface area contributed by atoms with Crippen LogP contribution in [-0.4, -0.2) is 23.4 Å². The van der Waals surface area contributed by atoms with Crippen molar-refractivity contribution >= 4 is 0 Å². The molecule has 2 atom stereocenters. The molecule has 1 aliphatic carbocycles. The van der Waals surface area contributed by atoms with Crippen molar-refractivity contribution in [1.29, 1.82) is 0 Å². The molecule has 2 rings (SSSR count). The Bertz CT molecular complexity index is 210. The second-order valence-electron chi connectivity index (χ2n) is 3.67. The zero-order valence-electron chi connectivity index (χ0n) is 7.19. The summed E-state index contributed by atoms with van der Waals surface area (Å²) in [5.74, 6) is 1.32. The van der Waals surface area contributed by atoms with Crippen LogP contribution in [0.4, 0.5) is 0 Å². The Balaban J connectivity index is 1.93. The summed E-state index contributed by atoms with van der Waals surface area (Å²) in [7, 11) is 0. The molecule has 66 valence electrons. The molecule has 1 saturated heterocycles. The number of nitrogens with zero attached hydrogens (tertiary/aromatic N) is 1. The molecule has 0 amide bonds. The molecule has 2 aliphatic rings. The lowest BCUT2D eigenvalue weighted by Gasteiger charge is -2.19. The third-order valence-electron chi connectivity index (χ3n) is 2.82. The Kier molecular flexibility index (Phi) is 2.28. The van der Waals surface area contributed by atoms with Gasteiger partial charge in [-0.25, -0.2) is 0 Å². The third-order valence-corrected chi connectivity index (χ3v) is 2.82. The van der Waals surface area contributed by atoms with Gasteiger partial charge in [0.25, 0.3) is 0 Å². The van der Waals surface area contributed by atoms with Gasteiger partial charge in [-0.2, -0.15) is 5.06 Å². The first kappa shape index (κ1) is 8.02. The van der Waals surface area contributed by atoms with E-state index in [0.717, 1.165) is 25.9 Å². The van der Waals surface area contributed by atoms with E-state index in [1.165, 1.54) is 5.06 Å². The molecule has 0 saturated carbocycles. The van der Waals surface area contributed by atoms with Gasteiger partial charge in [-0.3, -0.25) is 0 Å². The van der Waals surface area contributed by atoms with Gasteiger partial charge in [0.2, 0.25) is 0 Å². The average molecular weight is 165 g/mol. The molecule has 0 spiro atoms. The van der Waals surface area contributed by atoms with Crippen LogP contribution in [0.1, 0.15) is 12.8 Å². The molecule has 12 heavy (non-hydrogen) atoms. The molecule has 1 heterocycles. The van der Waals surface area contributed by atoms with Crippen molar-refractivity contribution < 1.29 is 5.21 Å². The van der Waals surface area contributed by atoms with E-state index in [1.54, 1.807) is 0 Å². The number of hydroxylamine groups is 2. The number of rotatable bonds is 1. The van der Waals surface area contributed by atoms with E-state index in [2.05, 4.69) is 24.3 Å². The summed E-state index contributed by atoms with van der Waals surface area (Å²) in [6, 6.07) is 0. The zero-order valence-corrected chi connectivity index (χ0v) is 7.19. The van der Waals surface area contributed by atoms with Gasteiger partial charge in [-0.1, -0.05) is 24.3 Å². The first-order chi connectivity index (χ1) is 5.86. The molecule has 2 heteroatoms. The maximum absolute atomic E-state index is 9.22. The SMILES string of the molecule is ON1CCC(C2C=CC=CC2)C1. The molecule has 2 unspecified atom stereocenters. The smallest absolute Gasteiger partial charge is 0.0272 e. The van der Waals surface area contributed by atoms with Crippen molar-refractivity contribution in [3.05, 3.63) is 24.3 Å². The molecular formula is C10H15NO. The second-order valence-corrected chi connectivity index (χ2v) is 3.67. The molecule has 0 radical (unpaired) electrons. The number of hydrogen-bond donors (Lipinski definition) is 1. The third kappa shape index (κ3) is 1.59. The van der Waals surface area contributed by atoms with E-state index < -0.39 is 0 Å². The summed E-state index contributed by atoms with van der Waals surface area (Å²) in [5, 5.41) is 10.7. The van der Waals surface area contributed by atoms with E-state index in [-0.39, 0.29) is 0 Å². The van der Waals surface area contributed by atoms with Gasteiger partial charge in [0.1, 0.15) is 0 Å².